The van der Waals surface area contributed by atoms with Crippen LogP contribution in [0, 0.1) is 5.82 Å². The Morgan fingerprint density at radius 3 is 2.44 bits per heavy atom. The zero-order valence-corrected chi connectivity index (χ0v) is 11.2. The van der Waals surface area contributed by atoms with Gasteiger partial charge in [0.1, 0.15) is 10.7 Å². The second kappa shape index (κ2) is 5.83. The monoisotopic (exact) mass is 295 g/mol. The molecule has 0 amide bonds. The Kier molecular flexibility index (Phi) is 4.92. The van der Waals surface area contributed by atoms with Gasteiger partial charge in [0.05, 0.1) is 5.69 Å². The minimum Gasteiger partial charge on any atom is -0.368 e. The van der Waals surface area contributed by atoms with E-state index in [4.69, 9.17) is 5.14 Å². The lowest BCUT2D eigenvalue weighted by Crippen LogP contribution is -2.44. The summed E-state index contributed by atoms with van der Waals surface area (Å²) in [6.07, 6.45) is 0. The van der Waals surface area contributed by atoms with E-state index in [1.165, 1.54) is 12.1 Å². The average Bonchev–Trinajstić information content (AvgIpc) is 2.29. The summed E-state index contributed by atoms with van der Waals surface area (Å²) in [5.74, 6) is -0.604. The number of rotatable bonds is 2. The van der Waals surface area contributed by atoms with Gasteiger partial charge < -0.3 is 10.2 Å². The Morgan fingerprint density at radius 1 is 1.28 bits per heavy atom. The number of hydrogen-bond donors (Lipinski definition) is 2. The lowest BCUT2D eigenvalue weighted by Gasteiger charge is -2.30. The van der Waals surface area contributed by atoms with Crippen LogP contribution in [0.15, 0.2) is 23.1 Å². The molecular weight excluding hydrogens is 281 g/mol. The van der Waals surface area contributed by atoms with E-state index in [-0.39, 0.29) is 17.3 Å². The predicted molar refractivity (Wildman–Crippen MR) is 70.1 cm³/mol. The van der Waals surface area contributed by atoms with Gasteiger partial charge in [0.15, 0.2) is 0 Å². The number of nitrogens with zero attached hydrogens (tertiary/aromatic N) is 1. The molecule has 0 atom stereocenters. The number of hydrogen-bond acceptors (Lipinski definition) is 4. The number of sulfonamides is 1. The number of anilines is 1. The Bertz CT molecular complexity index is 518. The van der Waals surface area contributed by atoms with Crippen LogP contribution in [0.1, 0.15) is 0 Å². The van der Waals surface area contributed by atoms with Gasteiger partial charge in [-0.25, -0.2) is 17.9 Å². The number of nitrogens with one attached hydrogen (secondary N) is 1. The molecule has 2 rings (SSSR count). The zero-order chi connectivity index (χ0) is 12.5. The molecule has 3 N–H and O–H groups in total. The normalized spacial score (nSPS) is 16.2. The average molecular weight is 296 g/mol. The number of nitrogens with two attached hydrogens (primary N) is 1. The zero-order valence-electron chi connectivity index (χ0n) is 9.60. The van der Waals surface area contributed by atoms with Gasteiger partial charge in [-0.1, -0.05) is 0 Å². The van der Waals surface area contributed by atoms with Gasteiger partial charge in [0.2, 0.25) is 10.0 Å². The van der Waals surface area contributed by atoms with Crippen molar-refractivity contribution in [2.24, 2.45) is 5.14 Å². The van der Waals surface area contributed by atoms with Crippen molar-refractivity contribution >= 4 is 28.1 Å². The van der Waals surface area contributed by atoms with E-state index in [0.717, 1.165) is 19.2 Å². The van der Waals surface area contributed by atoms with Crippen molar-refractivity contribution in [2.45, 2.75) is 4.90 Å². The summed E-state index contributed by atoms with van der Waals surface area (Å²) in [5.41, 5.74) is 0.468. The van der Waals surface area contributed by atoms with Crippen LogP contribution in [-0.4, -0.2) is 34.6 Å². The van der Waals surface area contributed by atoms with Gasteiger partial charge in [0.25, 0.3) is 0 Å². The van der Waals surface area contributed by atoms with Gasteiger partial charge in [-0.2, -0.15) is 0 Å². The highest BCUT2D eigenvalue weighted by Gasteiger charge is 2.20. The summed E-state index contributed by atoms with van der Waals surface area (Å²) in [4.78, 5) is 1.73. The van der Waals surface area contributed by atoms with Crippen LogP contribution >= 0.6 is 12.4 Å². The summed E-state index contributed by atoms with van der Waals surface area (Å²) < 4.78 is 35.9. The highest BCUT2D eigenvalue weighted by molar-refractivity contribution is 7.89. The van der Waals surface area contributed by atoms with Crippen molar-refractivity contribution in [3.8, 4) is 0 Å². The van der Waals surface area contributed by atoms with Crippen LogP contribution in [0.5, 0.6) is 0 Å². The van der Waals surface area contributed by atoms with Gasteiger partial charge >= 0.3 is 0 Å². The number of primary sulfonamides is 1. The molecule has 18 heavy (non-hydrogen) atoms. The lowest BCUT2D eigenvalue weighted by atomic mass is 10.2. The molecule has 1 aliphatic rings. The van der Waals surface area contributed by atoms with Crippen LogP contribution in [0.4, 0.5) is 10.1 Å². The molecule has 0 bridgehead atoms. The standard InChI is InChI=1S/C10H14FN3O2S.ClH/c11-8-1-2-9(10(7-8)17(12,15)16)14-5-3-13-4-6-14;/h1-2,7,13H,3-6H2,(H2,12,15,16);1H. The van der Waals surface area contributed by atoms with Crippen molar-refractivity contribution in [1.29, 1.82) is 0 Å². The largest absolute Gasteiger partial charge is 0.368 e. The molecular formula is C10H15ClFN3O2S. The number of piperazine rings is 1. The van der Waals surface area contributed by atoms with Gasteiger partial charge in [-0.15, -0.1) is 12.4 Å². The quantitative estimate of drug-likeness (QED) is 0.823. The summed E-state index contributed by atoms with van der Waals surface area (Å²) >= 11 is 0. The van der Waals surface area contributed by atoms with Crippen LogP contribution in [0.2, 0.25) is 0 Å². The van der Waals surface area contributed by atoms with Crippen molar-refractivity contribution in [3.05, 3.63) is 24.0 Å². The van der Waals surface area contributed by atoms with E-state index in [1.807, 2.05) is 4.90 Å². The Morgan fingerprint density at radius 2 is 1.89 bits per heavy atom. The fraction of sp³-hybridized carbons (Fsp3) is 0.400. The molecule has 102 valence electrons. The van der Waals surface area contributed by atoms with E-state index >= 15 is 0 Å². The second-order valence-electron chi connectivity index (χ2n) is 3.89. The first-order valence-electron chi connectivity index (χ1n) is 5.26. The molecule has 0 unspecified atom stereocenters. The summed E-state index contributed by atoms with van der Waals surface area (Å²) in [6.45, 7) is 2.88. The van der Waals surface area contributed by atoms with Crippen LogP contribution in [0.25, 0.3) is 0 Å². The molecule has 1 aliphatic heterocycles. The molecule has 8 heteroatoms. The first-order valence-corrected chi connectivity index (χ1v) is 6.81. The molecule has 1 aromatic carbocycles. The Balaban J connectivity index is 0.00000162. The number of halogens is 2. The first-order chi connectivity index (χ1) is 7.98. The minimum atomic E-state index is -3.91. The van der Waals surface area contributed by atoms with E-state index in [9.17, 15) is 12.8 Å². The summed E-state index contributed by atoms with van der Waals surface area (Å²) in [6, 6.07) is 3.67. The SMILES string of the molecule is Cl.NS(=O)(=O)c1cc(F)ccc1N1CCNCC1. The lowest BCUT2D eigenvalue weighted by molar-refractivity contribution is 0.575. The Labute approximate surface area is 112 Å². The van der Waals surface area contributed by atoms with Crippen LogP contribution in [0.3, 0.4) is 0 Å². The third-order valence-electron chi connectivity index (χ3n) is 2.69. The van der Waals surface area contributed by atoms with Gasteiger partial charge in [-0.3, -0.25) is 0 Å². The molecule has 0 aromatic heterocycles. The molecule has 0 saturated carbocycles. The van der Waals surface area contributed by atoms with Gasteiger partial charge in [-0.05, 0) is 18.2 Å². The first kappa shape index (κ1) is 15.2. The second-order valence-corrected chi connectivity index (χ2v) is 5.42. The minimum absolute atomic E-state index is 0. The fourth-order valence-corrected chi connectivity index (χ4v) is 2.65. The molecule has 0 aliphatic carbocycles. The molecule has 1 heterocycles. The summed E-state index contributed by atoms with van der Waals surface area (Å²) in [5, 5.41) is 8.25. The highest BCUT2D eigenvalue weighted by atomic mass is 35.5. The van der Waals surface area contributed by atoms with Crippen molar-refractivity contribution in [2.75, 3.05) is 31.1 Å². The maximum absolute atomic E-state index is 13.1. The molecule has 0 radical (unpaired) electrons. The summed E-state index contributed by atoms with van der Waals surface area (Å²) in [7, 11) is -3.91. The number of benzene rings is 1. The molecule has 1 aromatic rings. The maximum Gasteiger partial charge on any atom is 0.240 e. The van der Waals surface area contributed by atoms with Crippen molar-refractivity contribution in [3.63, 3.8) is 0 Å². The van der Waals surface area contributed by atoms with Gasteiger partial charge in [0, 0.05) is 26.2 Å². The molecule has 1 fully saturated rings. The molecule has 1 saturated heterocycles. The Hall–Kier alpha value is -0.890. The fourth-order valence-electron chi connectivity index (χ4n) is 1.88. The molecule has 0 spiro atoms. The van der Waals surface area contributed by atoms with Crippen molar-refractivity contribution < 1.29 is 12.8 Å². The topological polar surface area (TPSA) is 75.4 Å². The predicted octanol–water partition coefficient (Wildman–Crippen LogP) is 0.304. The molecule has 5 nitrogen and oxygen atoms in total. The van der Waals surface area contributed by atoms with E-state index in [0.29, 0.717) is 18.8 Å². The van der Waals surface area contributed by atoms with E-state index in [1.54, 1.807) is 0 Å². The van der Waals surface area contributed by atoms with E-state index in [2.05, 4.69) is 5.32 Å². The smallest absolute Gasteiger partial charge is 0.240 e. The third kappa shape index (κ3) is 3.32. The highest BCUT2D eigenvalue weighted by Crippen LogP contribution is 2.25. The maximum atomic E-state index is 13.1. The van der Waals surface area contributed by atoms with Crippen molar-refractivity contribution in [1.82, 2.24) is 5.32 Å². The van der Waals surface area contributed by atoms with Crippen LogP contribution < -0.4 is 15.4 Å². The third-order valence-corrected chi connectivity index (χ3v) is 3.63. The van der Waals surface area contributed by atoms with E-state index < -0.39 is 15.8 Å². The van der Waals surface area contributed by atoms with Crippen LogP contribution in [-0.2, 0) is 10.0 Å².